The molecule has 0 heterocycles. The second kappa shape index (κ2) is 6.50. The predicted octanol–water partition coefficient (Wildman–Crippen LogP) is 3.04. The summed E-state index contributed by atoms with van der Waals surface area (Å²) < 4.78 is 41.0. The summed E-state index contributed by atoms with van der Waals surface area (Å²) in [6, 6.07) is -1.45. The highest BCUT2D eigenvalue weighted by Gasteiger charge is 2.60. The highest BCUT2D eigenvalue weighted by Crippen LogP contribution is 2.53. The standard InChI is InChI=1S/C14H18F3N3O4/c1-2-5-18-12-10(19(21)22)7-13(14(15,16)17,6-9-3-4-9)8-11(12)20(23)24/h7-9,12,18H,2-6H2,1H3. The quantitative estimate of drug-likeness (QED) is 0.563. The third-order valence-electron chi connectivity index (χ3n) is 4.27. The van der Waals surface area contributed by atoms with E-state index in [2.05, 4.69) is 5.32 Å². The Bertz CT molecular complexity index is 565. The van der Waals surface area contributed by atoms with Crippen molar-refractivity contribution in [2.45, 2.75) is 44.8 Å². The average molecular weight is 349 g/mol. The molecule has 0 saturated heterocycles. The molecule has 0 radical (unpaired) electrons. The molecular formula is C14H18F3N3O4. The summed E-state index contributed by atoms with van der Waals surface area (Å²) in [7, 11) is 0. The normalized spacial score (nSPS) is 27.4. The molecule has 1 N–H and O–H groups in total. The SMILES string of the molecule is CCCNC1C([N+](=O)[O-])=CC(CC2CC2)(C(F)(F)F)C=C1[N+](=O)[O-]. The smallest absolute Gasteiger partial charge is 0.296 e. The van der Waals surface area contributed by atoms with Crippen molar-refractivity contribution in [1.29, 1.82) is 0 Å². The summed E-state index contributed by atoms with van der Waals surface area (Å²) in [5.41, 5.74) is -4.28. The van der Waals surface area contributed by atoms with Gasteiger partial charge in [-0.2, -0.15) is 13.2 Å². The fourth-order valence-corrected chi connectivity index (χ4v) is 2.90. The highest BCUT2D eigenvalue weighted by molar-refractivity contribution is 5.33. The maximum atomic E-state index is 13.7. The van der Waals surface area contributed by atoms with E-state index in [0.717, 1.165) is 0 Å². The zero-order chi connectivity index (χ0) is 18.1. The summed E-state index contributed by atoms with van der Waals surface area (Å²) in [4.78, 5) is 20.7. The minimum atomic E-state index is -4.84. The summed E-state index contributed by atoms with van der Waals surface area (Å²) >= 11 is 0. The topological polar surface area (TPSA) is 98.3 Å². The van der Waals surface area contributed by atoms with Gasteiger partial charge >= 0.3 is 6.18 Å². The first-order valence-corrected chi connectivity index (χ1v) is 7.65. The number of nitrogens with one attached hydrogen (secondary N) is 1. The molecule has 0 spiro atoms. The second-order valence-corrected chi connectivity index (χ2v) is 6.23. The molecule has 10 heteroatoms. The van der Waals surface area contributed by atoms with Crippen LogP contribution < -0.4 is 5.32 Å². The number of alkyl halides is 3. The van der Waals surface area contributed by atoms with Crippen LogP contribution >= 0.6 is 0 Å². The molecule has 0 bridgehead atoms. The van der Waals surface area contributed by atoms with Crippen LogP contribution in [0.15, 0.2) is 23.5 Å². The van der Waals surface area contributed by atoms with E-state index in [4.69, 9.17) is 0 Å². The van der Waals surface area contributed by atoms with Crippen molar-refractivity contribution in [3.63, 3.8) is 0 Å². The van der Waals surface area contributed by atoms with Crippen molar-refractivity contribution >= 4 is 0 Å². The first-order valence-electron chi connectivity index (χ1n) is 7.65. The Morgan fingerprint density at radius 2 is 1.71 bits per heavy atom. The van der Waals surface area contributed by atoms with Crippen molar-refractivity contribution in [3.05, 3.63) is 43.8 Å². The van der Waals surface area contributed by atoms with Crippen LogP contribution in [0.4, 0.5) is 13.2 Å². The molecule has 7 nitrogen and oxygen atoms in total. The lowest BCUT2D eigenvalue weighted by atomic mass is 9.75. The van der Waals surface area contributed by atoms with E-state index in [1.165, 1.54) is 0 Å². The lowest BCUT2D eigenvalue weighted by Crippen LogP contribution is -2.46. The molecule has 0 aromatic carbocycles. The molecule has 0 amide bonds. The van der Waals surface area contributed by atoms with Gasteiger partial charge in [0.25, 0.3) is 11.4 Å². The Kier molecular flexibility index (Phi) is 4.97. The first-order chi connectivity index (χ1) is 11.1. The summed E-state index contributed by atoms with van der Waals surface area (Å²) in [6.45, 7) is 1.96. The molecule has 1 fully saturated rings. The van der Waals surface area contributed by atoms with Crippen molar-refractivity contribution in [2.75, 3.05) is 6.54 Å². The third-order valence-corrected chi connectivity index (χ3v) is 4.27. The lowest BCUT2D eigenvalue weighted by Gasteiger charge is -2.33. The van der Waals surface area contributed by atoms with Gasteiger partial charge in [-0.3, -0.25) is 25.5 Å². The molecule has 0 unspecified atom stereocenters. The Balaban J connectivity index is 2.56. The van der Waals surface area contributed by atoms with Crippen LogP contribution in [0.1, 0.15) is 32.6 Å². The van der Waals surface area contributed by atoms with Crippen molar-refractivity contribution in [3.8, 4) is 0 Å². The molecule has 0 aromatic rings. The minimum Gasteiger partial charge on any atom is -0.296 e. The first kappa shape index (κ1) is 18.4. The molecular weight excluding hydrogens is 331 g/mol. The van der Waals surface area contributed by atoms with Gasteiger partial charge in [0, 0.05) is 12.2 Å². The van der Waals surface area contributed by atoms with Crippen molar-refractivity contribution in [2.24, 2.45) is 11.3 Å². The van der Waals surface area contributed by atoms with Gasteiger partial charge in [0.2, 0.25) is 0 Å². The van der Waals surface area contributed by atoms with Gasteiger partial charge < -0.3 is 0 Å². The molecule has 1 saturated carbocycles. The van der Waals surface area contributed by atoms with E-state index in [-0.39, 0.29) is 12.5 Å². The monoisotopic (exact) mass is 349 g/mol. The summed E-state index contributed by atoms with van der Waals surface area (Å²) in [5, 5.41) is 25.2. The van der Waals surface area contributed by atoms with E-state index in [0.29, 0.717) is 31.4 Å². The van der Waals surface area contributed by atoms with Gasteiger partial charge in [0.05, 0.1) is 9.85 Å². The van der Waals surface area contributed by atoms with E-state index < -0.39 is 45.3 Å². The average Bonchev–Trinajstić information content (AvgIpc) is 3.27. The van der Waals surface area contributed by atoms with Crippen LogP contribution in [0.3, 0.4) is 0 Å². The second-order valence-electron chi connectivity index (χ2n) is 6.23. The lowest BCUT2D eigenvalue weighted by molar-refractivity contribution is -0.457. The van der Waals surface area contributed by atoms with Gasteiger partial charge in [0.15, 0.2) is 6.04 Å². The van der Waals surface area contributed by atoms with Gasteiger partial charge in [-0.1, -0.05) is 19.8 Å². The molecule has 0 aromatic heterocycles. The number of hydrogen-bond donors (Lipinski definition) is 1. The largest absolute Gasteiger partial charge is 0.401 e. The molecule has 2 rings (SSSR count). The Labute approximate surface area is 135 Å². The Hall–Kier alpha value is -1.97. The molecule has 24 heavy (non-hydrogen) atoms. The predicted molar refractivity (Wildman–Crippen MR) is 78.1 cm³/mol. The maximum Gasteiger partial charge on any atom is 0.401 e. The zero-order valence-electron chi connectivity index (χ0n) is 13.0. The van der Waals surface area contributed by atoms with Crippen LogP contribution in [0.2, 0.25) is 0 Å². The van der Waals surface area contributed by atoms with Crippen LogP contribution in [0.5, 0.6) is 0 Å². The fourth-order valence-electron chi connectivity index (χ4n) is 2.90. The Morgan fingerprint density at radius 3 is 2.04 bits per heavy atom. The fraction of sp³-hybridized carbons (Fsp3) is 0.714. The third kappa shape index (κ3) is 3.58. The van der Waals surface area contributed by atoms with E-state index in [1.807, 2.05) is 0 Å². The molecule has 0 aliphatic heterocycles. The molecule has 2 aliphatic carbocycles. The van der Waals surface area contributed by atoms with Gasteiger partial charge in [-0.05, 0) is 25.3 Å². The minimum absolute atomic E-state index is 0.211. The molecule has 2 aliphatic rings. The number of nitrogens with zero attached hydrogens (tertiary/aromatic N) is 2. The number of allylic oxidation sites excluding steroid dienone is 2. The Morgan fingerprint density at radius 1 is 1.21 bits per heavy atom. The van der Waals surface area contributed by atoms with Crippen molar-refractivity contribution < 1.29 is 23.0 Å². The molecule has 0 atom stereocenters. The van der Waals surface area contributed by atoms with Crippen LogP contribution in [-0.2, 0) is 0 Å². The van der Waals surface area contributed by atoms with Gasteiger partial charge in [-0.15, -0.1) is 0 Å². The van der Waals surface area contributed by atoms with Crippen LogP contribution in [0, 0.1) is 31.6 Å². The number of hydrogen-bond acceptors (Lipinski definition) is 5. The highest BCUT2D eigenvalue weighted by atomic mass is 19.4. The van der Waals surface area contributed by atoms with Crippen LogP contribution in [-0.4, -0.2) is 28.6 Å². The van der Waals surface area contributed by atoms with E-state index in [1.54, 1.807) is 6.92 Å². The van der Waals surface area contributed by atoms with Gasteiger partial charge in [-0.25, -0.2) is 0 Å². The number of rotatable bonds is 7. The number of nitro groups is 2. The van der Waals surface area contributed by atoms with Crippen molar-refractivity contribution in [1.82, 2.24) is 5.32 Å². The number of halogens is 3. The van der Waals surface area contributed by atoms with E-state index >= 15 is 0 Å². The zero-order valence-corrected chi connectivity index (χ0v) is 13.0. The van der Waals surface area contributed by atoms with Gasteiger partial charge in [0.1, 0.15) is 5.41 Å². The summed E-state index contributed by atoms with van der Waals surface area (Å²) in [5.74, 6) is -0.222. The molecule has 134 valence electrons. The maximum absolute atomic E-state index is 13.7. The summed E-state index contributed by atoms with van der Waals surface area (Å²) in [6.07, 6.45) is -2.40. The van der Waals surface area contributed by atoms with Crippen LogP contribution in [0.25, 0.3) is 0 Å². The van der Waals surface area contributed by atoms with E-state index in [9.17, 15) is 33.4 Å².